The van der Waals surface area contributed by atoms with Crippen LogP contribution in [0.15, 0.2) is 84.9 Å². The van der Waals surface area contributed by atoms with Crippen LogP contribution < -0.4 is 5.32 Å². The summed E-state index contributed by atoms with van der Waals surface area (Å²) in [5.74, 6) is -0.225. The molecule has 1 atom stereocenters. The highest BCUT2D eigenvalue weighted by atomic mass is 16.3. The molecule has 25 heavy (non-hydrogen) atoms. The zero-order valence-electron chi connectivity index (χ0n) is 14.1. The van der Waals surface area contributed by atoms with Crippen LogP contribution >= 0.6 is 0 Å². The fourth-order valence-electron chi connectivity index (χ4n) is 2.87. The molecule has 0 aromatic heterocycles. The van der Waals surface area contributed by atoms with Crippen LogP contribution in [0.5, 0.6) is 0 Å². The summed E-state index contributed by atoms with van der Waals surface area (Å²) in [4.78, 5) is 12.5. The molecule has 0 aliphatic rings. The van der Waals surface area contributed by atoms with E-state index in [4.69, 9.17) is 0 Å². The van der Waals surface area contributed by atoms with E-state index in [-0.39, 0.29) is 12.3 Å². The van der Waals surface area contributed by atoms with Crippen LogP contribution in [0.4, 0.5) is 5.69 Å². The highest BCUT2D eigenvalue weighted by molar-refractivity contribution is 5.96. The van der Waals surface area contributed by atoms with Gasteiger partial charge >= 0.3 is 0 Å². The molecule has 0 heterocycles. The molecular formula is C22H21NO2. The molecule has 0 saturated heterocycles. The molecule has 3 aromatic rings. The molecule has 3 nitrogen and oxygen atoms in total. The van der Waals surface area contributed by atoms with Gasteiger partial charge in [-0.3, -0.25) is 4.79 Å². The summed E-state index contributed by atoms with van der Waals surface area (Å²) in [5, 5.41) is 13.6. The van der Waals surface area contributed by atoms with Gasteiger partial charge in [0.15, 0.2) is 0 Å². The predicted molar refractivity (Wildman–Crippen MR) is 101 cm³/mol. The number of hydrogen-bond donors (Lipinski definition) is 2. The maximum atomic E-state index is 12.5. The average Bonchev–Trinajstić information content (AvgIpc) is 2.63. The monoisotopic (exact) mass is 331 g/mol. The minimum atomic E-state index is -1.22. The summed E-state index contributed by atoms with van der Waals surface area (Å²) in [6.45, 7) is 1.66. The first-order chi connectivity index (χ1) is 12.1. The molecule has 1 unspecified atom stereocenters. The van der Waals surface area contributed by atoms with E-state index in [1.807, 2.05) is 84.9 Å². The lowest BCUT2D eigenvalue weighted by atomic mass is 9.92. The van der Waals surface area contributed by atoms with Gasteiger partial charge in [0.2, 0.25) is 5.91 Å². The van der Waals surface area contributed by atoms with Crippen molar-refractivity contribution in [3.05, 3.63) is 90.5 Å². The fraction of sp³-hybridized carbons (Fsp3) is 0.136. The number of aliphatic hydroxyl groups is 1. The largest absolute Gasteiger partial charge is 0.385 e. The van der Waals surface area contributed by atoms with Crippen LogP contribution in [0.3, 0.4) is 0 Å². The molecule has 0 aliphatic carbocycles. The van der Waals surface area contributed by atoms with Crippen molar-refractivity contribution < 1.29 is 9.90 Å². The van der Waals surface area contributed by atoms with Gasteiger partial charge in [0, 0.05) is 11.3 Å². The molecule has 0 aliphatic heterocycles. The van der Waals surface area contributed by atoms with Crippen LogP contribution in [-0.2, 0) is 10.4 Å². The molecular weight excluding hydrogens is 310 g/mol. The van der Waals surface area contributed by atoms with Gasteiger partial charge in [0.1, 0.15) is 0 Å². The first-order valence-corrected chi connectivity index (χ1v) is 8.28. The Balaban J connectivity index is 1.78. The smallest absolute Gasteiger partial charge is 0.227 e. The van der Waals surface area contributed by atoms with Crippen molar-refractivity contribution >= 4 is 11.6 Å². The van der Waals surface area contributed by atoms with Crippen LogP contribution in [-0.4, -0.2) is 11.0 Å². The minimum absolute atomic E-state index is 0.0138. The van der Waals surface area contributed by atoms with Crippen molar-refractivity contribution in [1.82, 2.24) is 0 Å². The number of nitrogens with one attached hydrogen (secondary N) is 1. The van der Waals surface area contributed by atoms with E-state index in [2.05, 4.69) is 5.32 Å². The van der Waals surface area contributed by atoms with Crippen molar-refractivity contribution in [2.75, 3.05) is 5.32 Å². The van der Waals surface area contributed by atoms with E-state index in [1.165, 1.54) is 0 Å². The quantitative estimate of drug-likeness (QED) is 0.718. The van der Waals surface area contributed by atoms with Crippen molar-refractivity contribution in [2.24, 2.45) is 0 Å². The lowest BCUT2D eigenvalue weighted by Gasteiger charge is -2.23. The number of hydrogen-bond acceptors (Lipinski definition) is 2. The molecule has 126 valence electrons. The lowest BCUT2D eigenvalue weighted by Crippen LogP contribution is -2.28. The van der Waals surface area contributed by atoms with E-state index in [0.717, 1.165) is 22.4 Å². The maximum Gasteiger partial charge on any atom is 0.227 e. The fourth-order valence-corrected chi connectivity index (χ4v) is 2.87. The first kappa shape index (κ1) is 16.9. The Kier molecular flexibility index (Phi) is 4.96. The van der Waals surface area contributed by atoms with E-state index in [1.54, 1.807) is 6.92 Å². The molecule has 0 radical (unpaired) electrons. The number of carbonyl (C=O) groups is 1. The summed E-state index contributed by atoms with van der Waals surface area (Å²) >= 11 is 0. The van der Waals surface area contributed by atoms with E-state index in [0.29, 0.717) is 0 Å². The van der Waals surface area contributed by atoms with E-state index >= 15 is 0 Å². The van der Waals surface area contributed by atoms with Gasteiger partial charge in [0.05, 0.1) is 12.0 Å². The normalized spacial score (nSPS) is 13.0. The van der Waals surface area contributed by atoms with E-state index < -0.39 is 5.60 Å². The van der Waals surface area contributed by atoms with Crippen molar-refractivity contribution in [1.29, 1.82) is 0 Å². The van der Waals surface area contributed by atoms with Gasteiger partial charge < -0.3 is 10.4 Å². The Morgan fingerprint density at radius 2 is 1.44 bits per heavy atom. The molecule has 0 spiro atoms. The number of benzene rings is 3. The standard InChI is InChI=1S/C22H21NO2/c1-22(25,18-12-6-3-7-13-18)16-21(24)23-20-15-9-8-14-19(20)17-10-4-2-5-11-17/h2-15,25H,16H2,1H3,(H,23,24). The number of carbonyl (C=O) groups excluding carboxylic acids is 1. The van der Waals surface area contributed by atoms with Crippen molar-refractivity contribution in [2.45, 2.75) is 18.9 Å². The predicted octanol–water partition coefficient (Wildman–Crippen LogP) is 4.59. The minimum Gasteiger partial charge on any atom is -0.385 e. The Morgan fingerprint density at radius 3 is 2.12 bits per heavy atom. The van der Waals surface area contributed by atoms with Gasteiger partial charge in [-0.05, 0) is 24.1 Å². The third kappa shape index (κ3) is 4.14. The molecule has 1 amide bonds. The summed E-state index contributed by atoms with van der Waals surface area (Å²) in [7, 11) is 0. The van der Waals surface area contributed by atoms with Crippen LogP contribution in [0, 0.1) is 0 Å². The molecule has 3 aromatic carbocycles. The lowest BCUT2D eigenvalue weighted by molar-refractivity contribution is -0.120. The number of amides is 1. The highest BCUT2D eigenvalue weighted by Crippen LogP contribution is 2.29. The third-order valence-corrected chi connectivity index (χ3v) is 4.19. The Bertz CT molecular complexity index is 842. The van der Waals surface area contributed by atoms with Crippen LogP contribution in [0.2, 0.25) is 0 Å². The van der Waals surface area contributed by atoms with Crippen LogP contribution in [0.25, 0.3) is 11.1 Å². The van der Waals surface area contributed by atoms with Gasteiger partial charge in [-0.15, -0.1) is 0 Å². The van der Waals surface area contributed by atoms with Crippen LogP contribution in [0.1, 0.15) is 18.9 Å². The van der Waals surface area contributed by atoms with E-state index in [9.17, 15) is 9.90 Å². The van der Waals surface area contributed by atoms with Crippen molar-refractivity contribution in [3.8, 4) is 11.1 Å². The van der Waals surface area contributed by atoms with Gasteiger partial charge in [0.25, 0.3) is 0 Å². The second-order valence-electron chi connectivity index (χ2n) is 6.28. The van der Waals surface area contributed by atoms with Gasteiger partial charge in [-0.2, -0.15) is 0 Å². The summed E-state index contributed by atoms with van der Waals surface area (Å²) in [6, 6.07) is 26.8. The molecule has 0 fully saturated rings. The van der Waals surface area contributed by atoms with Gasteiger partial charge in [-0.25, -0.2) is 0 Å². The number of para-hydroxylation sites is 1. The summed E-state index contributed by atoms with van der Waals surface area (Å²) < 4.78 is 0. The second kappa shape index (κ2) is 7.32. The zero-order valence-corrected chi connectivity index (χ0v) is 14.1. The molecule has 0 bridgehead atoms. The third-order valence-electron chi connectivity index (χ3n) is 4.19. The molecule has 3 heteroatoms. The second-order valence-corrected chi connectivity index (χ2v) is 6.28. The molecule has 3 rings (SSSR count). The zero-order chi connectivity index (χ0) is 17.7. The topological polar surface area (TPSA) is 49.3 Å². The Labute approximate surface area is 148 Å². The summed E-state index contributed by atoms with van der Waals surface area (Å²) in [5.41, 5.74) is 2.24. The average molecular weight is 331 g/mol. The highest BCUT2D eigenvalue weighted by Gasteiger charge is 2.26. The molecule has 0 saturated carbocycles. The number of rotatable bonds is 5. The molecule has 2 N–H and O–H groups in total. The maximum absolute atomic E-state index is 12.5. The number of anilines is 1. The first-order valence-electron chi connectivity index (χ1n) is 8.28. The summed E-state index contributed by atoms with van der Waals surface area (Å²) in [6.07, 6.45) is -0.0138. The Morgan fingerprint density at radius 1 is 0.880 bits per heavy atom. The SMILES string of the molecule is CC(O)(CC(=O)Nc1ccccc1-c1ccccc1)c1ccccc1. The van der Waals surface area contributed by atoms with Gasteiger partial charge in [-0.1, -0.05) is 78.9 Å². The Hall–Kier alpha value is -2.91. The van der Waals surface area contributed by atoms with Crippen molar-refractivity contribution in [3.63, 3.8) is 0 Å².